The summed E-state index contributed by atoms with van der Waals surface area (Å²) in [6.07, 6.45) is 1.42. The highest BCUT2D eigenvalue weighted by Crippen LogP contribution is 2.29. The first kappa shape index (κ1) is 12.3. The summed E-state index contributed by atoms with van der Waals surface area (Å²) in [5.74, 6) is 1.71. The van der Waals surface area contributed by atoms with Crippen molar-refractivity contribution < 1.29 is 9.52 Å². The monoisotopic (exact) mass is 210 g/mol. The summed E-state index contributed by atoms with van der Waals surface area (Å²) < 4.78 is 5.41. The van der Waals surface area contributed by atoms with E-state index >= 15 is 0 Å². The fraction of sp³-hybridized carbons (Fsp3) is 0.692. The number of aliphatic hydroxyl groups excluding tert-OH is 1. The second kappa shape index (κ2) is 4.40. The van der Waals surface area contributed by atoms with Gasteiger partial charge >= 0.3 is 0 Å². The maximum absolute atomic E-state index is 10.0. The lowest BCUT2D eigenvalue weighted by Gasteiger charge is -2.20. The Kier molecular flexibility index (Phi) is 3.61. The summed E-state index contributed by atoms with van der Waals surface area (Å²) >= 11 is 0. The minimum absolute atomic E-state index is 0.271. The van der Waals surface area contributed by atoms with E-state index in [1.54, 1.807) is 0 Å². The Morgan fingerprint density at radius 1 is 1.33 bits per heavy atom. The molecule has 1 unspecified atom stereocenters. The van der Waals surface area contributed by atoms with Gasteiger partial charge in [-0.3, -0.25) is 0 Å². The number of aliphatic hydroxyl groups is 1. The number of hydrogen-bond donors (Lipinski definition) is 1. The zero-order valence-corrected chi connectivity index (χ0v) is 10.4. The zero-order valence-electron chi connectivity index (χ0n) is 10.4. The van der Waals surface area contributed by atoms with Crippen LogP contribution in [0, 0.1) is 19.3 Å². The molecule has 0 radical (unpaired) electrons. The van der Waals surface area contributed by atoms with Gasteiger partial charge in [0, 0.05) is 5.56 Å². The first-order valence-corrected chi connectivity index (χ1v) is 5.54. The van der Waals surface area contributed by atoms with E-state index in [-0.39, 0.29) is 11.5 Å². The molecule has 0 aliphatic rings. The molecule has 0 bridgehead atoms. The molecule has 2 nitrogen and oxygen atoms in total. The zero-order chi connectivity index (χ0) is 11.6. The van der Waals surface area contributed by atoms with E-state index in [4.69, 9.17) is 4.42 Å². The number of furan rings is 1. The average Bonchev–Trinajstić information content (AvgIpc) is 2.40. The van der Waals surface area contributed by atoms with Crippen molar-refractivity contribution in [2.24, 2.45) is 5.41 Å². The molecule has 1 aromatic heterocycles. The highest BCUT2D eigenvalue weighted by Gasteiger charge is 2.18. The summed E-state index contributed by atoms with van der Waals surface area (Å²) in [4.78, 5) is 0. The SMILES string of the molecule is Cc1cc(C(O)CCC(C)(C)C)c(C)o1. The van der Waals surface area contributed by atoms with Crippen LogP contribution >= 0.6 is 0 Å². The van der Waals surface area contributed by atoms with Gasteiger partial charge in [0.2, 0.25) is 0 Å². The molecule has 0 fully saturated rings. The fourth-order valence-electron chi connectivity index (χ4n) is 1.71. The van der Waals surface area contributed by atoms with Crippen molar-refractivity contribution in [2.75, 3.05) is 0 Å². The van der Waals surface area contributed by atoms with Crippen molar-refractivity contribution in [1.29, 1.82) is 0 Å². The number of hydrogen-bond acceptors (Lipinski definition) is 2. The van der Waals surface area contributed by atoms with Crippen molar-refractivity contribution in [2.45, 2.75) is 53.6 Å². The Bertz CT molecular complexity index is 318. The van der Waals surface area contributed by atoms with Crippen LogP contribution in [-0.4, -0.2) is 5.11 Å². The summed E-state index contributed by atoms with van der Waals surface area (Å²) in [5.41, 5.74) is 1.21. The van der Waals surface area contributed by atoms with Crippen molar-refractivity contribution in [3.8, 4) is 0 Å². The van der Waals surface area contributed by atoms with Gasteiger partial charge in [0.15, 0.2) is 0 Å². The number of rotatable bonds is 3. The Hall–Kier alpha value is -0.760. The molecule has 0 aliphatic heterocycles. The first-order valence-electron chi connectivity index (χ1n) is 5.54. The molecule has 0 aromatic carbocycles. The molecule has 15 heavy (non-hydrogen) atoms. The highest BCUT2D eigenvalue weighted by atomic mass is 16.3. The van der Waals surface area contributed by atoms with E-state index in [1.165, 1.54) is 0 Å². The molecule has 1 rings (SSSR count). The van der Waals surface area contributed by atoms with E-state index in [0.29, 0.717) is 0 Å². The second-order valence-electron chi connectivity index (χ2n) is 5.48. The van der Waals surface area contributed by atoms with Crippen molar-refractivity contribution in [3.05, 3.63) is 23.2 Å². The minimum atomic E-state index is -0.387. The predicted molar refractivity (Wildman–Crippen MR) is 61.8 cm³/mol. The second-order valence-corrected chi connectivity index (χ2v) is 5.48. The fourth-order valence-corrected chi connectivity index (χ4v) is 1.71. The summed E-state index contributed by atoms with van der Waals surface area (Å²) in [5, 5.41) is 10.0. The van der Waals surface area contributed by atoms with Gasteiger partial charge in [0.05, 0.1) is 6.10 Å². The predicted octanol–water partition coefficient (Wildman–Crippen LogP) is 3.76. The van der Waals surface area contributed by atoms with E-state index < -0.39 is 0 Å². The van der Waals surface area contributed by atoms with Crippen LogP contribution in [0.5, 0.6) is 0 Å². The van der Waals surface area contributed by atoms with E-state index in [0.717, 1.165) is 29.9 Å². The van der Waals surface area contributed by atoms with Gasteiger partial charge in [-0.15, -0.1) is 0 Å². The molecule has 1 N–H and O–H groups in total. The standard InChI is InChI=1S/C13H22O2/c1-9-8-11(10(2)15-9)12(14)6-7-13(3,4)5/h8,12,14H,6-7H2,1-5H3. The van der Waals surface area contributed by atoms with Crippen LogP contribution < -0.4 is 0 Å². The summed E-state index contributed by atoms with van der Waals surface area (Å²) in [6, 6.07) is 1.93. The van der Waals surface area contributed by atoms with Gasteiger partial charge in [0.1, 0.15) is 11.5 Å². The van der Waals surface area contributed by atoms with Crippen LogP contribution in [0.25, 0.3) is 0 Å². The van der Waals surface area contributed by atoms with Crippen LogP contribution in [0.4, 0.5) is 0 Å². The molecule has 1 atom stereocenters. The van der Waals surface area contributed by atoms with Gasteiger partial charge < -0.3 is 9.52 Å². The maximum atomic E-state index is 10.0. The molecule has 1 heterocycles. The first-order chi connectivity index (χ1) is 6.79. The Morgan fingerprint density at radius 2 is 1.93 bits per heavy atom. The van der Waals surface area contributed by atoms with Crippen LogP contribution in [-0.2, 0) is 0 Å². The maximum Gasteiger partial charge on any atom is 0.106 e. The van der Waals surface area contributed by atoms with E-state index in [1.807, 2.05) is 19.9 Å². The topological polar surface area (TPSA) is 33.4 Å². The molecule has 0 saturated heterocycles. The molecule has 2 heteroatoms. The largest absolute Gasteiger partial charge is 0.466 e. The third kappa shape index (κ3) is 3.71. The summed E-state index contributed by atoms with van der Waals surface area (Å²) in [7, 11) is 0. The third-order valence-electron chi connectivity index (χ3n) is 2.61. The number of aryl methyl sites for hydroxylation is 2. The molecule has 1 aromatic rings. The van der Waals surface area contributed by atoms with Crippen LogP contribution in [0.3, 0.4) is 0 Å². The van der Waals surface area contributed by atoms with Gasteiger partial charge in [-0.25, -0.2) is 0 Å². The van der Waals surface area contributed by atoms with E-state index in [9.17, 15) is 5.11 Å². The van der Waals surface area contributed by atoms with Gasteiger partial charge in [-0.05, 0) is 38.2 Å². The Morgan fingerprint density at radius 3 is 2.33 bits per heavy atom. The van der Waals surface area contributed by atoms with Crippen LogP contribution in [0.15, 0.2) is 10.5 Å². The summed E-state index contributed by atoms with van der Waals surface area (Å²) in [6.45, 7) is 10.4. The smallest absolute Gasteiger partial charge is 0.106 e. The molecule has 0 aliphatic carbocycles. The molecular weight excluding hydrogens is 188 g/mol. The lowest BCUT2D eigenvalue weighted by molar-refractivity contribution is 0.146. The minimum Gasteiger partial charge on any atom is -0.466 e. The lowest BCUT2D eigenvalue weighted by atomic mass is 9.88. The van der Waals surface area contributed by atoms with Crippen molar-refractivity contribution in [1.82, 2.24) is 0 Å². The molecule has 0 saturated carbocycles. The van der Waals surface area contributed by atoms with E-state index in [2.05, 4.69) is 20.8 Å². The van der Waals surface area contributed by atoms with Crippen LogP contribution in [0.1, 0.15) is 56.8 Å². The molecular formula is C13H22O2. The third-order valence-corrected chi connectivity index (χ3v) is 2.61. The molecule has 0 spiro atoms. The lowest BCUT2D eigenvalue weighted by Crippen LogP contribution is -2.08. The van der Waals surface area contributed by atoms with Crippen molar-refractivity contribution >= 4 is 0 Å². The highest BCUT2D eigenvalue weighted by molar-refractivity contribution is 5.22. The molecule has 86 valence electrons. The Balaban J connectivity index is 2.61. The quantitative estimate of drug-likeness (QED) is 0.824. The van der Waals surface area contributed by atoms with Gasteiger partial charge in [-0.1, -0.05) is 20.8 Å². The van der Waals surface area contributed by atoms with Crippen molar-refractivity contribution in [3.63, 3.8) is 0 Å². The Labute approximate surface area is 92.3 Å². The average molecular weight is 210 g/mol. The van der Waals surface area contributed by atoms with Gasteiger partial charge in [0.25, 0.3) is 0 Å². The normalized spacial score (nSPS) is 14.3. The molecule has 0 amide bonds. The van der Waals surface area contributed by atoms with Crippen LogP contribution in [0.2, 0.25) is 0 Å². The van der Waals surface area contributed by atoms with Gasteiger partial charge in [-0.2, -0.15) is 0 Å².